The maximum atomic E-state index is 12.1. The predicted octanol–water partition coefficient (Wildman–Crippen LogP) is 2.68. The van der Waals surface area contributed by atoms with Crippen LogP contribution in [0.2, 0.25) is 0 Å². The topological polar surface area (TPSA) is 84.4 Å². The number of nitrogens with zero attached hydrogens (tertiary/aromatic N) is 2. The van der Waals surface area contributed by atoms with Gasteiger partial charge >= 0.3 is 0 Å². The normalized spacial score (nSPS) is 19.0. The summed E-state index contributed by atoms with van der Waals surface area (Å²) in [6, 6.07) is 1.65. The summed E-state index contributed by atoms with van der Waals surface area (Å²) in [5, 5.41) is 5.44. The molecule has 1 unspecified atom stereocenters. The lowest BCUT2D eigenvalue weighted by molar-refractivity contribution is 0.102. The van der Waals surface area contributed by atoms with Crippen LogP contribution in [0.25, 0.3) is 0 Å². The molecule has 2 aromatic heterocycles. The van der Waals surface area contributed by atoms with Gasteiger partial charge < -0.3 is 10.2 Å². The highest BCUT2D eigenvalue weighted by atomic mass is 32.1. The Balaban J connectivity index is 1.57. The van der Waals surface area contributed by atoms with E-state index < -0.39 is 0 Å². The maximum absolute atomic E-state index is 12.1. The number of aromatic nitrogens is 1. The number of anilines is 1. The van der Waals surface area contributed by atoms with Gasteiger partial charge in [0.2, 0.25) is 0 Å². The number of amides is 1. The van der Waals surface area contributed by atoms with Crippen LogP contribution in [-0.2, 0) is 13.1 Å². The van der Waals surface area contributed by atoms with Gasteiger partial charge in [0.05, 0.1) is 17.8 Å². The van der Waals surface area contributed by atoms with Crippen LogP contribution in [0.4, 0.5) is 5.13 Å². The van der Waals surface area contributed by atoms with Gasteiger partial charge in [0, 0.05) is 18.5 Å². The van der Waals surface area contributed by atoms with Crippen molar-refractivity contribution in [3.8, 4) is 0 Å². The van der Waals surface area contributed by atoms with E-state index in [0.29, 0.717) is 16.5 Å². The van der Waals surface area contributed by atoms with Crippen LogP contribution in [0.15, 0.2) is 22.1 Å². The number of carbonyl (C=O) groups excluding carboxylic acids is 1. The number of carbonyl (C=O) groups is 1. The molecule has 1 fully saturated rings. The van der Waals surface area contributed by atoms with Gasteiger partial charge in [-0.15, -0.1) is 11.3 Å². The number of likely N-dealkylation sites (tertiary alicyclic amines) is 1. The van der Waals surface area contributed by atoms with Crippen molar-refractivity contribution >= 4 is 22.4 Å². The second kappa shape index (κ2) is 7.25. The molecule has 23 heavy (non-hydrogen) atoms. The van der Waals surface area contributed by atoms with E-state index in [2.05, 4.69) is 22.1 Å². The van der Waals surface area contributed by atoms with E-state index in [1.54, 1.807) is 6.07 Å². The van der Waals surface area contributed by atoms with Crippen LogP contribution in [0.5, 0.6) is 0 Å². The van der Waals surface area contributed by atoms with Crippen molar-refractivity contribution in [3.63, 3.8) is 0 Å². The summed E-state index contributed by atoms with van der Waals surface area (Å²) >= 11 is 1.45. The molecule has 6 nitrogen and oxygen atoms in total. The fourth-order valence-electron chi connectivity index (χ4n) is 2.87. The molecular weight excluding hydrogens is 312 g/mol. The SMILES string of the molecule is CC1CCCN(Cc2csc(NC(=O)c3coc(CN)c3)n2)C1. The van der Waals surface area contributed by atoms with Crippen molar-refractivity contribution < 1.29 is 9.21 Å². The Bertz CT molecular complexity index is 667. The Kier molecular flexibility index (Phi) is 5.09. The highest BCUT2D eigenvalue weighted by Crippen LogP contribution is 2.21. The minimum atomic E-state index is -0.221. The number of furan rings is 1. The van der Waals surface area contributed by atoms with Crippen molar-refractivity contribution in [1.82, 2.24) is 9.88 Å². The van der Waals surface area contributed by atoms with Gasteiger partial charge in [-0.3, -0.25) is 15.0 Å². The quantitative estimate of drug-likeness (QED) is 0.878. The number of rotatable bonds is 5. The summed E-state index contributed by atoms with van der Waals surface area (Å²) in [7, 11) is 0. The van der Waals surface area contributed by atoms with Gasteiger partial charge in [-0.05, 0) is 31.4 Å². The molecule has 1 amide bonds. The summed E-state index contributed by atoms with van der Waals surface area (Å²) in [6.07, 6.45) is 3.98. The molecular formula is C16H22N4O2S. The minimum Gasteiger partial charge on any atom is -0.467 e. The summed E-state index contributed by atoms with van der Waals surface area (Å²) in [6.45, 7) is 5.67. The second-order valence-electron chi connectivity index (χ2n) is 6.09. The molecule has 0 aromatic carbocycles. The van der Waals surface area contributed by atoms with Crippen LogP contribution >= 0.6 is 11.3 Å². The summed E-state index contributed by atoms with van der Waals surface area (Å²) in [4.78, 5) is 19.1. The molecule has 3 N–H and O–H groups in total. The standard InChI is InChI=1S/C16H22N4O2S/c1-11-3-2-4-20(7-11)8-13-10-23-16(18-13)19-15(21)12-5-14(6-17)22-9-12/h5,9-11H,2-4,6-8,17H2,1H3,(H,18,19,21). The van der Waals surface area contributed by atoms with E-state index in [1.165, 1.54) is 30.4 Å². The van der Waals surface area contributed by atoms with E-state index in [1.807, 2.05) is 5.38 Å². The first kappa shape index (κ1) is 16.2. The minimum absolute atomic E-state index is 0.221. The molecule has 0 spiro atoms. The lowest BCUT2D eigenvalue weighted by atomic mass is 10.0. The Morgan fingerprint density at radius 2 is 2.48 bits per heavy atom. The Morgan fingerprint density at radius 1 is 1.61 bits per heavy atom. The van der Waals surface area contributed by atoms with Gasteiger partial charge in [0.15, 0.2) is 5.13 Å². The Morgan fingerprint density at radius 3 is 3.22 bits per heavy atom. The number of nitrogens with one attached hydrogen (secondary N) is 1. The van der Waals surface area contributed by atoms with E-state index in [-0.39, 0.29) is 12.5 Å². The first-order valence-corrected chi connectivity index (χ1v) is 8.77. The Labute approximate surface area is 139 Å². The first-order valence-electron chi connectivity index (χ1n) is 7.89. The smallest absolute Gasteiger partial charge is 0.260 e. The molecule has 2 aromatic rings. The van der Waals surface area contributed by atoms with E-state index >= 15 is 0 Å². The molecule has 124 valence electrons. The average molecular weight is 334 g/mol. The van der Waals surface area contributed by atoms with Crippen molar-refractivity contribution in [3.05, 3.63) is 34.7 Å². The lowest BCUT2D eigenvalue weighted by Crippen LogP contribution is -2.33. The molecule has 1 aliphatic heterocycles. The monoisotopic (exact) mass is 334 g/mol. The van der Waals surface area contributed by atoms with Gasteiger partial charge in [-0.25, -0.2) is 4.98 Å². The fraction of sp³-hybridized carbons (Fsp3) is 0.500. The molecule has 7 heteroatoms. The predicted molar refractivity (Wildman–Crippen MR) is 90.3 cm³/mol. The lowest BCUT2D eigenvalue weighted by Gasteiger charge is -2.30. The summed E-state index contributed by atoms with van der Waals surface area (Å²) in [5.74, 6) is 1.12. The number of hydrogen-bond donors (Lipinski definition) is 2. The molecule has 0 aliphatic carbocycles. The molecule has 1 saturated heterocycles. The van der Waals surface area contributed by atoms with Crippen molar-refractivity contribution in [2.45, 2.75) is 32.9 Å². The molecule has 1 aliphatic rings. The van der Waals surface area contributed by atoms with Crippen molar-refractivity contribution in [2.24, 2.45) is 11.7 Å². The molecule has 3 rings (SSSR count). The molecule has 1 atom stereocenters. The highest BCUT2D eigenvalue weighted by Gasteiger charge is 2.18. The Hall–Kier alpha value is -1.70. The maximum Gasteiger partial charge on any atom is 0.260 e. The fourth-order valence-corrected chi connectivity index (χ4v) is 3.57. The highest BCUT2D eigenvalue weighted by molar-refractivity contribution is 7.13. The zero-order chi connectivity index (χ0) is 16.2. The second-order valence-corrected chi connectivity index (χ2v) is 6.94. The summed E-state index contributed by atoms with van der Waals surface area (Å²) < 4.78 is 5.18. The van der Waals surface area contributed by atoms with Crippen LogP contribution in [0, 0.1) is 5.92 Å². The van der Waals surface area contributed by atoms with Crippen molar-refractivity contribution in [1.29, 1.82) is 0 Å². The van der Waals surface area contributed by atoms with Crippen molar-refractivity contribution in [2.75, 3.05) is 18.4 Å². The van der Waals surface area contributed by atoms with Gasteiger partial charge in [0.1, 0.15) is 12.0 Å². The average Bonchev–Trinajstić information content (AvgIpc) is 3.16. The van der Waals surface area contributed by atoms with Gasteiger partial charge in [0.25, 0.3) is 5.91 Å². The van der Waals surface area contributed by atoms with E-state index in [0.717, 1.165) is 31.2 Å². The van der Waals surface area contributed by atoms with Crippen LogP contribution in [0.1, 0.15) is 41.6 Å². The summed E-state index contributed by atoms with van der Waals surface area (Å²) in [5.41, 5.74) is 6.95. The number of thiazole rings is 1. The molecule has 0 saturated carbocycles. The molecule has 0 bridgehead atoms. The third-order valence-electron chi connectivity index (χ3n) is 4.02. The largest absolute Gasteiger partial charge is 0.467 e. The third kappa shape index (κ3) is 4.19. The zero-order valence-electron chi connectivity index (χ0n) is 13.2. The van der Waals surface area contributed by atoms with Crippen LogP contribution in [0.3, 0.4) is 0 Å². The van der Waals surface area contributed by atoms with Gasteiger partial charge in [-0.1, -0.05) is 6.92 Å². The molecule has 0 radical (unpaired) electrons. The number of nitrogens with two attached hydrogens (primary N) is 1. The number of piperidine rings is 1. The molecule has 3 heterocycles. The first-order chi connectivity index (χ1) is 11.1. The van der Waals surface area contributed by atoms with E-state index in [4.69, 9.17) is 10.2 Å². The number of hydrogen-bond acceptors (Lipinski definition) is 6. The van der Waals surface area contributed by atoms with E-state index in [9.17, 15) is 4.79 Å². The third-order valence-corrected chi connectivity index (χ3v) is 4.82. The zero-order valence-corrected chi connectivity index (χ0v) is 14.1. The van der Waals surface area contributed by atoms with Gasteiger partial charge in [-0.2, -0.15) is 0 Å². The van der Waals surface area contributed by atoms with Crippen LogP contribution in [-0.4, -0.2) is 28.9 Å². The van der Waals surface area contributed by atoms with Crippen LogP contribution < -0.4 is 11.1 Å².